The first-order valence-corrected chi connectivity index (χ1v) is 7.95. The molecule has 6 heteroatoms. The molecule has 0 bridgehead atoms. The summed E-state index contributed by atoms with van der Waals surface area (Å²) in [6.45, 7) is 5.43. The Hall–Kier alpha value is -3.15. The lowest BCUT2D eigenvalue weighted by atomic mass is 10.0. The van der Waals surface area contributed by atoms with Gasteiger partial charge in [-0.2, -0.15) is 0 Å². The Morgan fingerprint density at radius 1 is 1.00 bits per heavy atom. The van der Waals surface area contributed by atoms with Crippen molar-refractivity contribution in [3.05, 3.63) is 54.6 Å². The van der Waals surface area contributed by atoms with Crippen LogP contribution in [-0.2, 0) is 4.74 Å². The molecule has 3 aromatic rings. The maximum Gasteiger partial charge on any atom is 0.437 e. The standard InChI is InChI=1S/C19H20N4O2/c1-19(2,3)25-18(24)23-17(14-9-11-15(20)12-10-14)16(21-22-23)13-7-5-4-6-8-13/h4-12H,20H2,1-3H3. The van der Waals surface area contributed by atoms with Gasteiger partial charge in [0.2, 0.25) is 0 Å². The van der Waals surface area contributed by atoms with Gasteiger partial charge >= 0.3 is 6.09 Å². The highest BCUT2D eigenvalue weighted by Crippen LogP contribution is 2.31. The quantitative estimate of drug-likeness (QED) is 0.716. The predicted molar refractivity (Wildman–Crippen MR) is 96.9 cm³/mol. The van der Waals surface area contributed by atoms with Crippen molar-refractivity contribution in [3.8, 4) is 22.5 Å². The smallest absolute Gasteiger partial charge is 0.437 e. The summed E-state index contributed by atoms with van der Waals surface area (Å²) in [5.41, 5.74) is 8.61. The third-order valence-corrected chi connectivity index (χ3v) is 3.47. The minimum absolute atomic E-state index is 0.570. The molecule has 0 aliphatic carbocycles. The molecular formula is C19H20N4O2. The summed E-state index contributed by atoms with van der Waals surface area (Å²) in [5.74, 6) is 0. The number of carbonyl (C=O) groups is 1. The Morgan fingerprint density at radius 3 is 2.24 bits per heavy atom. The number of rotatable bonds is 2. The van der Waals surface area contributed by atoms with Gasteiger partial charge in [0.1, 0.15) is 17.0 Å². The third kappa shape index (κ3) is 3.68. The zero-order valence-corrected chi connectivity index (χ0v) is 14.4. The first-order chi connectivity index (χ1) is 11.8. The van der Waals surface area contributed by atoms with Crippen molar-refractivity contribution in [1.29, 1.82) is 0 Å². The number of benzene rings is 2. The highest BCUT2D eigenvalue weighted by atomic mass is 16.6. The highest BCUT2D eigenvalue weighted by molar-refractivity contribution is 5.85. The summed E-state index contributed by atoms with van der Waals surface area (Å²) in [6.07, 6.45) is -0.575. The molecule has 0 aliphatic heterocycles. The van der Waals surface area contributed by atoms with Crippen LogP contribution in [0.4, 0.5) is 10.5 Å². The van der Waals surface area contributed by atoms with Gasteiger partial charge in [-0.05, 0) is 32.9 Å². The monoisotopic (exact) mass is 336 g/mol. The third-order valence-electron chi connectivity index (χ3n) is 3.47. The SMILES string of the molecule is CC(C)(C)OC(=O)n1nnc(-c2ccccc2)c1-c1ccc(N)cc1. The molecular weight excluding hydrogens is 316 g/mol. The Kier molecular flexibility index (Phi) is 4.27. The number of hydrogen-bond acceptors (Lipinski definition) is 5. The van der Waals surface area contributed by atoms with Gasteiger partial charge in [-0.25, -0.2) is 4.79 Å². The molecule has 0 unspecified atom stereocenters. The van der Waals surface area contributed by atoms with Crippen LogP contribution in [0.3, 0.4) is 0 Å². The van der Waals surface area contributed by atoms with Crippen molar-refractivity contribution >= 4 is 11.8 Å². The van der Waals surface area contributed by atoms with E-state index in [1.165, 1.54) is 4.68 Å². The van der Waals surface area contributed by atoms with Gasteiger partial charge in [0.15, 0.2) is 0 Å². The molecule has 3 rings (SSSR count). The molecule has 0 fully saturated rings. The van der Waals surface area contributed by atoms with E-state index in [4.69, 9.17) is 10.5 Å². The molecule has 2 N–H and O–H groups in total. The van der Waals surface area contributed by atoms with E-state index in [1.807, 2.05) is 63.2 Å². The van der Waals surface area contributed by atoms with E-state index in [-0.39, 0.29) is 0 Å². The topological polar surface area (TPSA) is 83.0 Å². The summed E-state index contributed by atoms with van der Waals surface area (Å²) in [4.78, 5) is 12.6. The minimum Gasteiger partial charge on any atom is -0.442 e. The second-order valence-corrected chi connectivity index (χ2v) is 6.67. The molecule has 0 amide bonds. The molecule has 0 atom stereocenters. The first-order valence-electron chi connectivity index (χ1n) is 7.95. The molecule has 6 nitrogen and oxygen atoms in total. The normalized spacial score (nSPS) is 11.3. The van der Waals surface area contributed by atoms with Crippen molar-refractivity contribution < 1.29 is 9.53 Å². The fourth-order valence-electron chi connectivity index (χ4n) is 2.41. The summed E-state index contributed by atoms with van der Waals surface area (Å²) in [6, 6.07) is 16.8. The number of nitrogens with zero attached hydrogens (tertiary/aromatic N) is 3. The van der Waals surface area contributed by atoms with E-state index in [0.29, 0.717) is 17.1 Å². The lowest BCUT2D eigenvalue weighted by Gasteiger charge is -2.19. The largest absolute Gasteiger partial charge is 0.442 e. The van der Waals surface area contributed by atoms with Crippen LogP contribution < -0.4 is 5.73 Å². The average Bonchev–Trinajstić information content (AvgIpc) is 3.00. The number of aromatic nitrogens is 3. The molecule has 0 spiro atoms. The van der Waals surface area contributed by atoms with Gasteiger partial charge in [-0.3, -0.25) is 0 Å². The number of carbonyl (C=O) groups excluding carboxylic acids is 1. The van der Waals surface area contributed by atoms with Crippen LogP contribution >= 0.6 is 0 Å². The van der Waals surface area contributed by atoms with E-state index >= 15 is 0 Å². The van der Waals surface area contributed by atoms with Crippen LogP contribution in [0.15, 0.2) is 54.6 Å². The second kappa shape index (κ2) is 6.39. The van der Waals surface area contributed by atoms with Crippen LogP contribution in [0.25, 0.3) is 22.5 Å². The van der Waals surface area contributed by atoms with Gasteiger partial charge in [-0.15, -0.1) is 9.78 Å². The van der Waals surface area contributed by atoms with Crippen molar-refractivity contribution in [1.82, 2.24) is 15.0 Å². The van der Waals surface area contributed by atoms with Crippen molar-refractivity contribution in [2.24, 2.45) is 0 Å². The molecule has 2 aromatic carbocycles. The fourth-order valence-corrected chi connectivity index (χ4v) is 2.41. The molecule has 128 valence electrons. The average molecular weight is 336 g/mol. The Morgan fingerprint density at radius 2 is 1.64 bits per heavy atom. The Balaban J connectivity index is 2.15. The molecule has 0 saturated heterocycles. The van der Waals surface area contributed by atoms with Gasteiger partial charge in [-0.1, -0.05) is 47.7 Å². The zero-order valence-electron chi connectivity index (χ0n) is 14.4. The minimum atomic E-state index is -0.631. The number of ether oxygens (including phenoxy) is 1. The van der Waals surface area contributed by atoms with Gasteiger partial charge in [0, 0.05) is 16.8 Å². The zero-order chi connectivity index (χ0) is 18.0. The van der Waals surface area contributed by atoms with Crippen LogP contribution in [-0.4, -0.2) is 26.7 Å². The number of hydrogen-bond donors (Lipinski definition) is 1. The summed E-state index contributed by atoms with van der Waals surface area (Å²) in [7, 11) is 0. The number of nitrogen functional groups attached to an aromatic ring is 1. The van der Waals surface area contributed by atoms with Crippen LogP contribution in [0.2, 0.25) is 0 Å². The second-order valence-electron chi connectivity index (χ2n) is 6.67. The van der Waals surface area contributed by atoms with Crippen molar-refractivity contribution in [2.45, 2.75) is 26.4 Å². The predicted octanol–water partition coefficient (Wildman–Crippen LogP) is 3.98. The van der Waals surface area contributed by atoms with E-state index in [1.54, 1.807) is 12.1 Å². The van der Waals surface area contributed by atoms with E-state index in [2.05, 4.69) is 10.3 Å². The molecule has 0 radical (unpaired) electrons. The van der Waals surface area contributed by atoms with Crippen molar-refractivity contribution in [3.63, 3.8) is 0 Å². The van der Waals surface area contributed by atoms with Gasteiger partial charge in [0.25, 0.3) is 0 Å². The van der Waals surface area contributed by atoms with Gasteiger partial charge in [0.05, 0.1) is 0 Å². The van der Waals surface area contributed by atoms with E-state index in [0.717, 1.165) is 11.1 Å². The fraction of sp³-hybridized carbons (Fsp3) is 0.211. The highest BCUT2D eigenvalue weighted by Gasteiger charge is 2.25. The molecule has 0 saturated carbocycles. The first kappa shape index (κ1) is 16.7. The molecule has 1 heterocycles. The maximum absolute atomic E-state index is 12.6. The summed E-state index contributed by atoms with van der Waals surface area (Å²) < 4.78 is 6.65. The Bertz CT molecular complexity index is 878. The summed E-state index contributed by atoms with van der Waals surface area (Å²) >= 11 is 0. The van der Waals surface area contributed by atoms with Gasteiger partial charge < -0.3 is 10.5 Å². The maximum atomic E-state index is 12.6. The lowest BCUT2D eigenvalue weighted by Crippen LogP contribution is -2.28. The lowest BCUT2D eigenvalue weighted by molar-refractivity contribution is 0.0514. The molecule has 0 aliphatic rings. The van der Waals surface area contributed by atoms with E-state index in [9.17, 15) is 4.79 Å². The van der Waals surface area contributed by atoms with Crippen LogP contribution in [0.5, 0.6) is 0 Å². The van der Waals surface area contributed by atoms with Crippen molar-refractivity contribution in [2.75, 3.05) is 5.73 Å². The van der Waals surface area contributed by atoms with Crippen LogP contribution in [0, 0.1) is 0 Å². The summed E-state index contributed by atoms with van der Waals surface area (Å²) in [5, 5.41) is 8.25. The molecule has 25 heavy (non-hydrogen) atoms. The number of nitrogens with two attached hydrogens (primary N) is 1. The van der Waals surface area contributed by atoms with Crippen LogP contribution in [0.1, 0.15) is 20.8 Å². The molecule has 1 aromatic heterocycles. The Labute approximate surface area is 146 Å². The van der Waals surface area contributed by atoms with E-state index < -0.39 is 11.7 Å². The number of anilines is 1.